The molecule has 1 aliphatic rings. The summed E-state index contributed by atoms with van der Waals surface area (Å²) in [5.41, 5.74) is 3.08. The van der Waals surface area contributed by atoms with E-state index in [4.69, 9.17) is 13.9 Å². The summed E-state index contributed by atoms with van der Waals surface area (Å²) in [5, 5.41) is 2.97. The number of methoxy groups -OCH3 is 2. The smallest absolute Gasteiger partial charge is 0.287 e. The van der Waals surface area contributed by atoms with Crippen molar-refractivity contribution >= 4 is 5.91 Å². The lowest BCUT2D eigenvalue weighted by Crippen LogP contribution is -2.41. The number of hydrogen-bond donors (Lipinski definition) is 1. The standard InChI is InChI=1S/C24H25FN2O4/c1-29-22-12-17-8-9-27(15-16-5-3-6-18(25)11-16)20(19(17)13-23(22)30-2)14-26-24(28)21-7-4-10-31-21/h3-7,10-13,20H,8-9,14-15H2,1-2H3,(H,26,28)/t20-/m0/s1. The highest BCUT2D eigenvalue weighted by Crippen LogP contribution is 2.38. The molecule has 2 aromatic carbocycles. The largest absolute Gasteiger partial charge is 0.493 e. The Morgan fingerprint density at radius 3 is 2.68 bits per heavy atom. The van der Waals surface area contributed by atoms with Gasteiger partial charge in [0.25, 0.3) is 5.91 Å². The molecule has 0 saturated carbocycles. The minimum Gasteiger partial charge on any atom is -0.493 e. The van der Waals surface area contributed by atoms with Crippen LogP contribution in [-0.4, -0.2) is 38.1 Å². The van der Waals surface area contributed by atoms with Gasteiger partial charge in [0.05, 0.1) is 26.5 Å². The highest BCUT2D eigenvalue weighted by atomic mass is 19.1. The average Bonchev–Trinajstić information content (AvgIpc) is 3.32. The number of fused-ring (bicyclic) bond motifs is 1. The summed E-state index contributed by atoms with van der Waals surface area (Å²) in [6, 6.07) is 13.8. The number of nitrogens with zero attached hydrogens (tertiary/aromatic N) is 1. The van der Waals surface area contributed by atoms with Crippen LogP contribution in [0.5, 0.6) is 11.5 Å². The maximum atomic E-state index is 13.7. The molecule has 4 rings (SSSR count). The monoisotopic (exact) mass is 424 g/mol. The molecule has 1 atom stereocenters. The number of rotatable bonds is 7. The normalized spacial score (nSPS) is 15.9. The summed E-state index contributed by atoms with van der Waals surface area (Å²) >= 11 is 0. The third-order valence-electron chi connectivity index (χ3n) is 5.59. The number of benzene rings is 2. The van der Waals surface area contributed by atoms with Crippen LogP contribution in [0, 0.1) is 5.82 Å². The molecule has 6 nitrogen and oxygen atoms in total. The van der Waals surface area contributed by atoms with Crippen LogP contribution < -0.4 is 14.8 Å². The molecule has 0 saturated heterocycles. The van der Waals surface area contributed by atoms with Gasteiger partial charge in [-0.25, -0.2) is 4.39 Å². The number of carbonyl (C=O) groups excluding carboxylic acids is 1. The molecular weight excluding hydrogens is 399 g/mol. The van der Waals surface area contributed by atoms with E-state index in [1.807, 2.05) is 18.2 Å². The first-order valence-electron chi connectivity index (χ1n) is 10.1. The number of carbonyl (C=O) groups is 1. The second-order valence-corrected chi connectivity index (χ2v) is 7.46. The molecule has 1 aliphatic heterocycles. The molecule has 3 aromatic rings. The van der Waals surface area contributed by atoms with Crippen molar-refractivity contribution in [2.45, 2.75) is 19.0 Å². The lowest BCUT2D eigenvalue weighted by atomic mass is 9.91. The third-order valence-corrected chi connectivity index (χ3v) is 5.59. The number of hydrogen-bond acceptors (Lipinski definition) is 5. The van der Waals surface area contributed by atoms with E-state index in [0.717, 1.165) is 29.7 Å². The number of ether oxygens (including phenoxy) is 2. The van der Waals surface area contributed by atoms with Gasteiger partial charge in [-0.15, -0.1) is 0 Å². The molecule has 0 spiro atoms. The van der Waals surface area contributed by atoms with Crippen LogP contribution in [0.3, 0.4) is 0 Å². The number of halogens is 1. The quantitative estimate of drug-likeness (QED) is 0.622. The highest BCUT2D eigenvalue weighted by molar-refractivity contribution is 5.91. The van der Waals surface area contributed by atoms with Crippen LogP contribution in [0.25, 0.3) is 0 Å². The summed E-state index contributed by atoms with van der Waals surface area (Å²) < 4.78 is 29.9. The molecule has 1 N–H and O–H groups in total. The molecule has 31 heavy (non-hydrogen) atoms. The molecule has 0 bridgehead atoms. The lowest BCUT2D eigenvalue weighted by Gasteiger charge is -2.38. The lowest BCUT2D eigenvalue weighted by molar-refractivity contribution is 0.0898. The Balaban J connectivity index is 1.64. The molecule has 0 fully saturated rings. The van der Waals surface area contributed by atoms with E-state index in [2.05, 4.69) is 10.2 Å². The summed E-state index contributed by atoms with van der Waals surface area (Å²) in [5.74, 6) is 1.04. The van der Waals surface area contributed by atoms with Crippen LogP contribution >= 0.6 is 0 Å². The van der Waals surface area contributed by atoms with E-state index in [-0.39, 0.29) is 23.5 Å². The Morgan fingerprint density at radius 1 is 1.16 bits per heavy atom. The van der Waals surface area contributed by atoms with E-state index < -0.39 is 0 Å². The van der Waals surface area contributed by atoms with E-state index in [0.29, 0.717) is 24.6 Å². The molecule has 1 amide bonds. The second kappa shape index (κ2) is 9.22. The van der Waals surface area contributed by atoms with Crippen LogP contribution in [0.4, 0.5) is 4.39 Å². The Labute approximate surface area is 180 Å². The first-order chi connectivity index (χ1) is 15.1. The predicted octanol–water partition coefficient (Wildman–Crippen LogP) is 3.97. The fraction of sp³-hybridized carbons (Fsp3) is 0.292. The van der Waals surface area contributed by atoms with E-state index in [9.17, 15) is 9.18 Å². The maximum Gasteiger partial charge on any atom is 0.287 e. The maximum absolute atomic E-state index is 13.7. The number of nitrogens with one attached hydrogen (secondary N) is 1. The van der Waals surface area contributed by atoms with Gasteiger partial charge in [0.2, 0.25) is 0 Å². The fourth-order valence-corrected chi connectivity index (χ4v) is 4.06. The molecule has 1 aromatic heterocycles. The van der Waals surface area contributed by atoms with Crippen LogP contribution in [0.2, 0.25) is 0 Å². The van der Waals surface area contributed by atoms with Crippen LogP contribution in [-0.2, 0) is 13.0 Å². The van der Waals surface area contributed by atoms with Crippen molar-refractivity contribution in [2.75, 3.05) is 27.3 Å². The predicted molar refractivity (Wildman–Crippen MR) is 114 cm³/mol. The molecule has 162 valence electrons. The zero-order chi connectivity index (χ0) is 21.8. The second-order valence-electron chi connectivity index (χ2n) is 7.46. The van der Waals surface area contributed by atoms with Gasteiger partial charge in [0, 0.05) is 19.6 Å². The minimum absolute atomic E-state index is 0.120. The van der Waals surface area contributed by atoms with Crippen molar-refractivity contribution in [3.63, 3.8) is 0 Å². The molecule has 0 radical (unpaired) electrons. The minimum atomic E-state index is -0.275. The van der Waals surface area contributed by atoms with Crippen molar-refractivity contribution in [1.29, 1.82) is 0 Å². The summed E-state index contributed by atoms with van der Waals surface area (Å²) in [6.45, 7) is 1.70. The van der Waals surface area contributed by atoms with Gasteiger partial charge in [-0.05, 0) is 59.5 Å². The summed E-state index contributed by atoms with van der Waals surface area (Å²) in [7, 11) is 3.22. The fourth-order valence-electron chi connectivity index (χ4n) is 4.06. The molecule has 2 heterocycles. The van der Waals surface area contributed by atoms with Gasteiger partial charge >= 0.3 is 0 Å². The van der Waals surface area contributed by atoms with Crippen molar-refractivity contribution in [2.24, 2.45) is 0 Å². The average molecular weight is 424 g/mol. The van der Waals surface area contributed by atoms with Gasteiger partial charge in [-0.3, -0.25) is 9.69 Å². The first-order valence-corrected chi connectivity index (χ1v) is 10.1. The molecular formula is C24H25FN2O4. The van der Waals surface area contributed by atoms with Crippen molar-refractivity contribution in [1.82, 2.24) is 10.2 Å². The zero-order valence-electron chi connectivity index (χ0n) is 17.6. The van der Waals surface area contributed by atoms with Gasteiger partial charge in [0.15, 0.2) is 17.3 Å². The molecule has 0 aliphatic carbocycles. The Morgan fingerprint density at radius 2 is 1.97 bits per heavy atom. The van der Waals surface area contributed by atoms with Crippen molar-refractivity contribution in [3.05, 3.63) is 83.1 Å². The summed E-state index contributed by atoms with van der Waals surface area (Å²) in [6.07, 6.45) is 2.28. The first kappa shape index (κ1) is 20.9. The molecule has 0 unspecified atom stereocenters. The van der Waals surface area contributed by atoms with Gasteiger partial charge < -0.3 is 19.2 Å². The van der Waals surface area contributed by atoms with E-state index >= 15 is 0 Å². The van der Waals surface area contributed by atoms with Crippen molar-refractivity contribution in [3.8, 4) is 11.5 Å². The topological polar surface area (TPSA) is 63.9 Å². The number of amides is 1. The van der Waals surface area contributed by atoms with Crippen LogP contribution in [0.1, 0.15) is 33.3 Å². The Kier molecular flexibility index (Phi) is 6.23. The van der Waals surface area contributed by atoms with E-state index in [1.54, 1.807) is 38.5 Å². The van der Waals surface area contributed by atoms with Gasteiger partial charge in [0.1, 0.15) is 5.82 Å². The van der Waals surface area contributed by atoms with Gasteiger partial charge in [-0.1, -0.05) is 12.1 Å². The third kappa shape index (κ3) is 4.56. The Bertz CT molecular complexity index is 1050. The van der Waals surface area contributed by atoms with Crippen molar-refractivity contribution < 1.29 is 23.1 Å². The SMILES string of the molecule is COc1cc2c(cc1OC)[C@H](CNC(=O)c1ccco1)N(Cc1cccc(F)c1)CC2. The Hall–Kier alpha value is -3.32. The number of furan rings is 1. The van der Waals surface area contributed by atoms with Gasteiger partial charge in [-0.2, -0.15) is 0 Å². The molecule has 7 heteroatoms. The highest BCUT2D eigenvalue weighted by Gasteiger charge is 2.30. The van der Waals surface area contributed by atoms with Crippen LogP contribution in [0.15, 0.2) is 59.2 Å². The summed E-state index contributed by atoms with van der Waals surface area (Å²) in [4.78, 5) is 14.7. The van der Waals surface area contributed by atoms with E-state index in [1.165, 1.54) is 12.3 Å². The zero-order valence-corrected chi connectivity index (χ0v) is 17.6.